The van der Waals surface area contributed by atoms with Gasteiger partial charge in [0.15, 0.2) is 5.16 Å². The van der Waals surface area contributed by atoms with Gasteiger partial charge >= 0.3 is 0 Å². The Morgan fingerprint density at radius 3 is 2.52 bits per heavy atom. The van der Waals surface area contributed by atoms with Gasteiger partial charge in [0.2, 0.25) is 0 Å². The van der Waals surface area contributed by atoms with Gasteiger partial charge < -0.3 is 9.47 Å². The second-order valence-corrected chi connectivity index (χ2v) is 7.30. The molecule has 0 fully saturated rings. The summed E-state index contributed by atoms with van der Waals surface area (Å²) in [5.41, 5.74) is 1.19. The van der Waals surface area contributed by atoms with Gasteiger partial charge in [0, 0.05) is 5.25 Å². The maximum Gasteiger partial charge on any atom is 0.266 e. The van der Waals surface area contributed by atoms with Crippen LogP contribution in [0.5, 0.6) is 11.5 Å². The molecule has 25 heavy (non-hydrogen) atoms. The van der Waals surface area contributed by atoms with Gasteiger partial charge in [0.05, 0.1) is 30.8 Å². The Balaban J connectivity index is 2.37. The number of nitrogens with zero attached hydrogens (tertiary/aromatic N) is 2. The number of methoxy groups -OCH3 is 2. The van der Waals surface area contributed by atoms with Crippen molar-refractivity contribution in [3.63, 3.8) is 0 Å². The highest BCUT2D eigenvalue weighted by Crippen LogP contribution is 2.29. The molecule has 1 aromatic heterocycles. The minimum Gasteiger partial charge on any atom is -0.497 e. The summed E-state index contributed by atoms with van der Waals surface area (Å²) in [5, 5.41) is 1.43. The van der Waals surface area contributed by atoms with E-state index in [9.17, 15) is 4.79 Å². The summed E-state index contributed by atoms with van der Waals surface area (Å²) in [4.78, 5) is 18.0. The number of ether oxygens (including phenoxy) is 2. The summed E-state index contributed by atoms with van der Waals surface area (Å²) in [6.07, 6.45) is 0. The van der Waals surface area contributed by atoms with E-state index in [0.717, 1.165) is 0 Å². The zero-order valence-corrected chi connectivity index (χ0v) is 15.5. The van der Waals surface area contributed by atoms with E-state index in [-0.39, 0.29) is 10.8 Å². The first-order chi connectivity index (χ1) is 12.0. The number of rotatable bonds is 5. The summed E-state index contributed by atoms with van der Waals surface area (Å²) >= 11 is 1.54. The molecule has 0 radical (unpaired) electrons. The maximum atomic E-state index is 13.3. The van der Waals surface area contributed by atoms with Gasteiger partial charge in [0.25, 0.3) is 5.56 Å². The van der Waals surface area contributed by atoms with Crippen LogP contribution < -0.4 is 15.0 Å². The lowest BCUT2D eigenvalue weighted by atomic mass is 10.2. The highest BCUT2D eigenvalue weighted by Gasteiger charge is 2.17. The molecular weight excluding hydrogens is 336 g/mol. The van der Waals surface area contributed by atoms with E-state index in [1.54, 1.807) is 36.6 Å². The van der Waals surface area contributed by atoms with Gasteiger partial charge in [-0.15, -0.1) is 0 Å². The fourth-order valence-corrected chi connectivity index (χ4v) is 3.45. The normalized spacial score (nSPS) is 11.1. The van der Waals surface area contributed by atoms with E-state index in [0.29, 0.717) is 33.2 Å². The Kier molecular flexibility index (Phi) is 4.99. The van der Waals surface area contributed by atoms with Crippen molar-refractivity contribution in [1.29, 1.82) is 0 Å². The van der Waals surface area contributed by atoms with E-state index in [1.165, 1.54) is 0 Å². The average molecular weight is 356 g/mol. The smallest absolute Gasteiger partial charge is 0.266 e. The van der Waals surface area contributed by atoms with Gasteiger partial charge in [-0.3, -0.25) is 9.36 Å². The van der Waals surface area contributed by atoms with E-state index in [4.69, 9.17) is 14.5 Å². The molecule has 3 rings (SSSR count). The quantitative estimate of drug-likeness (QED) is 0.512. The predicted octanol–water partition coefficient (Wildman–Crippen LogP) is 3.90. The molecule has 0 N–H and O–H groups in total. The summed E-state index contributed by atoms with van der Waals surface area (Å²) < 4.78 is 12.3. The summed E-state index contributed by atoms with van der Waals surface area (Å²) in [6.45, 7) is 4.14. The minimum atomic E-state index is -0.142. The van der Waals surface area contributed by atoms with Gasteiger partial charge in [-0.05, 0) is 30.3 Å². The summed E-state index contributed by atoms with van der Waals surface area (Å²) in [6, 6.07) is 12.8. The molecule has 1 heterocycles. The SMILES string of the molecule is COc1ccc2nc(SC(C)C)n(-c3ccccc3OC)c(=O)c2c1. The van der Waals surface area contributed by atoms with Crippen molar-refractivity contribution in [3.05, 3.63) is 52.8 Å². The maximum absolute atomic E-state index is 13.3. The molecule has 0 amide bonds. The molecule has 0 aliphatic carbocycles. The largest absolute Gasteiger partial charge is 0.497 e. The van der Waals surface area contributed by atoms with Crippen LogP contribution in [0, 0.1) is 0 Å². The number of benzene rings is 2. The van der Waals surface area contributed by atoms with Crippen LogP contribution in [-0.2, 0) is 0 Å². The molecular formula is C19H20N2O3S. The molecule has 0 saturated heterocycles. The van der Waals surface area contributed by atoms with Gasteiger partial charge in [-0.2, -0.15) is 0 Å². The van der Waals surface area contributed by atoms with E-state index < -0.39 is 0 Å². The molecule has 0 atom stereocenters. The zero-order chi connectivity index (χ0) is 18.0. The minimum absolute atomic E-state index is 0.142. The number of thioether (sulfide) groups is 1. The van der Waals surface area contributed by atoms with Crippen LogP contribution in [0.2, 0.25) is 0 Å². The number of fused-ring (bicyclic) bond motifs is 1. The molecule has 5 nitrogen and oxygen atoms in total. The van der Waals surface area contributed by atoms with Crippen molar-refractivity contribution >= 4 is 22.7 Å². The van der Waals surface area contributed by atoms with Crippen LogP contribution in [0.4, 0.5) is 0 Å². The standard InChI is InChI=1S/C19H20N2O3S/c1-12(2)25-19-20-15-10-9-13(23-3)11-14(15)18(22)21(19)16-7-5-6-8-17(16)24-4/h5-12H,1-4H3. The highest BCUT2D eigenvalue weighted by molar-refractivity contribution is 7.99. The van der Waals surface area contributed by atoms with Crippen LogP contribution in [0.1, 0.15) is 13.8 Å². The van der Waals surface area contributed by atoms with E-state index in [1.807, 2.05) is 36.4 Å². The molecule has 0 spiro atoms. The number of hydrogen-bond acceptors (Lipinski definition) is 5. The van der Waals surface area contributed by atoms with Crippen molar-refractivity contribution in [2.45, 2.75) is 24.3 Å². The van der Waals surface area contributed by atoms with E-state index >= 15 is 0 Å². The Morgan fingerprint density at radius 1 is 1.08 bits per heavy atom. The molecule has 2 aromatic carbocycles. The van der Waals surface area contributed by atoms with Crippen molar-refractivity contribution in [2.24, 2.45) is 0 Å². The molecule has 0 aliphatic rings. The van der Waals surface area contributed by atoms with Crippen molar-refractivity contribution in [2.75, 3.05) is 14.2 Å². The van der Waals surface area contributed by atoms with Crippen molar-refractivity contribution in [3.8, 4) is 17.2 Å². The number of aromatic nitrogens is 2. The van der Waals surface area contributed by atoms with Crippen LogP contribution >= 0.6 is 11.8 Å². The first-order valence-electron chi connectivity index (χ1n) is 7.96. The monoisotopic (exact) mass is 356 g/mol. The molecule has 0 saturated carbocycles. The molecule has 3 aromatic rings. The zero-order valence-electron chi connectivity index (χ0n) is 14.6. The Bertz CT molecular complexity index is 967. The fourth-order valence-electron chi connectivity index (χ4n) is 2.59. The molecule has 0 aliphatic heterocycles. The van der Waals surface area contributed by atoms with Gasteiger partial charge in [0.1, 0.15) is 11.5 Å². The third kappa shape index (κ3) is 3.35. The summed E-state index contributed by atoms with van der Waals surface area (Å²) in [5.74, 6) is 1.25. The van der Waals surface area contributed by atoms with Crippen LogP contribution in [0.3, 0.4) is 0 Å². The molecule has 6 heteroatoms. The Labute approximate surface area is 150 Å². The third-order valence-corrected chi connectivity index (χ3v) is 4.67. The van der Waals surface area contributed by atoms with Crippen LogP contribution in [0.15, 0.2) is 52.4 Å². The van der Waals surface area contributed by atoms with Crippen molar-refractivity contribution < 1.29 is 9.47 Å². The topological polar surface area (TPSA) is 53.4 Å². The second kappa shape index (κ2) is 7.19. The summed E-state index contributed by atoms with van der Waals surface area (Å²) in [7, 11) is 3.17. The van der Waals surface area contributed by atoms with Crippen molar-refractivity contribution in [1.82, 2.24) is 9.55 Å². The average Bonchev–Trinajstić information content (AvgIpc) is 2.61. The number of para-hydroxylation sites is 2. The Morgan fingerprint density at radius 2 is 1.84 bits per heavy atom. The molecule has 130 valence electrons. The highest BCUT2D eigenvalue weighted by atomic mass is 32.2. The van der Waals surface area contributed by atoms with Gasteiger partial charge in [-0.25, -0.2) is 4.98 Å². The molecule has 0 unspecified atom stereocenters. The lowest BCUT2D eigenvalue weighted by Crippen LogP contribution is -2.22. The number of hydrogen-bond donors (Lipinski definition) is 0. The first kappa shape index (κ1) is 17.4. The first-order valence-corrected chi connectivity index (χ1v) is 8.84. The fraction of sp³-hybridized carbons (Fsp3) is 0.263. The van der Waals surface area contributed by atoms with Gasteiger partial charge in [-0.1, -0.05) is 37.7 Å². The third-order valence-electron chi connectivity index (χ3n) is 3.71. The Hall–Kier alpha value is -2.47. The lowest BCUT2D eigenvalue weighted by Gasteiger charge is -2.17. The van der Waals surface area contributed by atoms with E-state index in [2.05, 4.69) is 13.8 Å². The molecule has 0 bridgehead atoms. The second-order valence-electron chi connectivity index (χ2n) is 5.76. The predicted molar refractivity (Wildman–Crippen MR) is 101 cm³/mol. The van der Waals surface area contributed by atoms with Crippen LogP contribution in [-0.4, -0.2) is 29.0 Å². The lowest BCUT2D eigenvalue weighted by molar-refractivity contribution is 0.411. The van der Waals surface area contributed by atoms with Crippen LogP contribution in [0.25, 0.3) is 16.6 Å².